The van der Waals surface area contributed by atoms with Gasteiger partial charge < -0.3 is 24.2 Å². The van der Waals surface area contributed by atoms with Crippen LogP contribution in [0.15, 0.2) is 36.4 Å². The summed E-state index contributed by atoms with van der Waals surface area (Å²) < 4.78 is 49.1. The quantitative estimate of drug-likeness (QED) is 0.427. The first-order valence-corrected chi connectivity index (χ1v) is 20.7. The van der Waals surface area contributed by atoms with Crippen LogP contribution < -0.4 is 14.4 Å². The molecule has 6 atom stereocenters. The third-order valence-electron chi connectivity index (χ3n) is 13.1. The molecule has 1 spiro atoms. The minimum Gasteiger partial charge on any atom is -0.490 e. The van der Waals surface area contributed by atoms with Crippen LogP contribution in [0.2, 0.25) is 5.02 Å². The number of sulfonamides is 1. The summed E-state index contributed by atoms with van der Waals surface area (Å²) in [7, 11) is -0.0537. The van der Waals surface area contributed by atoms with Crippen LogP contribution in [0.5, 0.6) is 5.75 Å². The topological polar surface area (TPSA) is 118 Å². The molecule has 1 amide bonds. The molecule has 5 aliphatic rings. The Morgan fingerprint density at radius 1 is 1.00 bits per heavy atom. The van der Waals surface area contributed by atoms with Crippen LogP contribution in [0.25, 0.3) is 0 Å². The van der Waals surface area contributed by atoms with E-state index in [4.69, 9.17) is 25.8 Å². The largest absolute Gasteiger partial charge is 0.490 e. The summed E-state index contributed by atoms with van der Waals surface area (Å²) in [6, 6.07) is 11.5. The molecule has 2 aliphatic carbocycles. The van der Waals surface area contributed by atoms with Crippen molar-refractivity contribution < 1.29 is 32.5 Å². The van der Waals surface area contributed by atoms with Crippen LogP contribution in [0, 0.1) is 23.7 Å². The number of rotatable bonds is 3. The lowest BCUT2D eigenvalue weighted by atomic mass is 9.64. The highest BCUT2D eigenvalue weighted by atomic mass is 35.5. The van der Waals surface area contributed by atoms with E-state index in [1.165, 1.54) is 11.1 Å². The molecule has 3 aliphatic heterocycles. The van der Waals surface area contributed by atoms with Gasteiger partial charge in [-0.05, 0) is 125 Å². The Labute approximate surface area is 308 Å². The molecular weight excluding hydrogens is 690 g/mol. The van der Waals surface area contributed by atoms with Gasteiger partial charge in [-0.15, -0.1) is 0 Å². The number of hydrogen-bond acceptors (Lipinski definition) is 9. The number of ether oxygens (including phenoxy) is 3. The van der Waals surface area contributed by atoms with E-state index in [2.05, 4.69) is 21.8 Å². The molecule has 2 bridgehead atoms. The maximum absolute atomic E-state index is 13.6. The molecule has 280 valence electrons. The fraction of sp³-hybridized carbons (Fsp3) is 0.667. The third kappa shape index (κ3) is 7.03. The van der Waals surface area contributed by atoms with Crippen LogP contribution in [0.3, 0.4) is 0 Å². The lowest BCUT2D eigenvalue weighted by Gasteiger charge is -2.50. The maximum Gasteiger partial charge on any atom is 0.264 e. The van der Waals surface area contributed by atoms with Crippen molar-refractivity contribution in [3.05, 3.63) is 58.1 Å². The minimum absolute atomic E-state index is 0.0562. The number of carbonyl (C=O) groups excluding carboxylic acids is 1. The molecule has 12 heteroatoms. The summed E-state index contributed by atoms with van der Waals surface area (Å²) in [5, 5.41) is 10.3. The van der Waals surface area contributed by atoms with Crippen LogP contribution in [0.1, 0.15) is 80.3 Å². The summed E-state index contributed by atoms with van der Waals surface area (Å²) in [5.41, 5.74) is 2.78. The molecule has 51 heavy (non-hydrogen) atoms. The normalized spacial score (nSPS) is 35.5. The monoisotopic (exact) mass is 743 g/mol. The predicted octanol–water partition coefficient (Wildman–Crippen LogP) is 5.39. The van der Waals surface area contributed by atoms with Crippen LogP contribution in [-0.2, 0) is 31.3 Å². The van der Waals surface area contributed by atoms with Crippen molar-refractivity contribution in [2.75, 3.05) is 58.5 Å². The van der Waals surface area contributed by atoms with Crippen molar-refractivity contribution in [1.82, 2.24) is 9.62 Å². The van der Waals surface area contributed by atoms with Crippen molar-refractivity contribution in [3.63, 3.8) is 0 Å². The van der Waals surface area contributed by atoms with Gasteiger partial charge in [0.2, 0.25) is 10.0 Å². The zero-order valence-corrected chi connectivity index (χ0v) is 32.0. The second kappa shape index (κ2) is 14.4. The number of hydrogen-bond donors (Lipinski definition) is 2. The number of fused-ring (bicyclic) bond motifs is 4. The van der Waals surface area contributed by atoms with Gasteiger partial charge in [0, 0.05) is 35.0 Å². The van der Waals surface area contributed by atoms with Gasteiger partial charge in [0.15, 0.2) is 6.29 Å². The Balaban J connectivity index is 1.26. The van der Waals surface area contributed by atoms with Crippen molar-refractivity contribution in [3.8, 4) is 5.75 Å². The van der Waals surface area contributed by atoms with Gasteiger partial charge in [0.05, 0.1) is 42.9 Å². The average molecular weight is 744 g/mol. The zero-order valence-electron chi connectivity index (χ0n) is 30.4. The molecule has 10 nitrogen and oxygen atoms in total. The number of halogens is 1. The number of benzene rings is 2. The summed E-state index contributed by atoms with van der Waals surface area (Å²) in [5.74, 6) is 0.739. The summed E-state index contributed by atoms with van der Waals surface area (Å²) in [4.78, 5) is 18.0. The Morgan fingerprint density at radius 3 is 2.49 bits per heavy atom. The first-order valence-electron chi connectivity index (χ1n) is 18.7. The van der Waals surface area contributed by atoms with Crippen LogP contribution in [0.4, 0.5) is 5.69 Å². The van der Waals surface area contributed by atoms with E-state index in [1.54, 1.807) is 13.0 Å². The van der Waals surface area contributed by atoms with Gasteiger partial charge in [-0.2, -0.15) is 0 Å². The molecule has 0 unspecified atom stereocenters. The third-order valence-corrected chi connectivity index (χ3v) is 15.3. The molecule has 0 radical (unpaired) electrons. The maximum atomic E-state index is 13.6. The number of nitrogens with zero attached hydrogens (tertiary/aromatic N) is 2. The van der Waals surface area contributed by atoms with Gasteiger partial charge in [-0.25, -0.2) is 13.1 Å². The van der Waals surface area contributed by atoms with Gasteiger partial charge >= 0.3 is 0 Å². The summed E-state index contributed by atoms with van der Waals surface area (Å²) >= 11 is 6.47. The zero-order chi connectivity index (χ0) is 36.1. The molecule has 7 rings (SSSR count). The van der Waals surface area contributed by atoms with E-state index in [0.29, 0.717) is 55.9 Å². The van der Waals surface area contributed by atoms with Crippen molar-refractivity contribution >= 4 is 33.2 Å². The van der Waals surface area contributed by atoms with E-state index >= 15 is 0 Å². The van der Waals surface area contributed by atoms with Gasteiger partial charge in [0.25, 0.3) is 5.91 Å². The second-order valence-electron chi connectivity index (χ2n) is 16.3. The van der Waals surface area contributed by atoms with E-state index in [9.17, 15) is 18.3 Å². The molecule has 2 aromatic carbocycles. The van der Waals surface area contributed by atoms with Crippen molar-refractivity contribution in [1.29, 1.82) is 0 Å². The van der Waals surface area contributed by atoms with E-state index in [0.717, 1.165) is 62.2 Å². The standard InChI is InChI=1S/C39H54ClN3O7S/c1-25-7-5-9-32(37-49-23-39(21-44,24-50-37)42(3)4)31-13-10-29(31)19-43-20-38(16-6-8-27-17-30(40)12-14-33(27)38)22-48-35-15-11-28(18-34(35)43)36(45)41-51(46,47)26(25)2/h11-12,14-15,17-18,25-26,29,31-32,37,44H,5-10,13,16,19-24H2,1-4H3,(H,41,45)/t25-,26+,29-,31+,32-,37?,38-,39?/m0/s1. The highest BCUT2D eigenvalue weighted by Crippen LogP contribution is 2.49. The molecule has 2 fully saturated rings. The first kappa shape index (κ1) is 36.9. The lowest BCUT2D eigenvalue weighted by Crippen LogP contribution is -2.60. The Morgan fingerprint density at radius 2 is 1.78 bits per heavy atom. The number of anilines is 1. The lowest BCUT2D eigenvalue weighted by molar-refractivity contribution is -0.267. The summed E-state index contributed by atoms with van der Waals surface area (Å²) in [6.07, 6.45) is 7.04. The fourth-order valence-electron chi connectivity index (χ4n) is 9.28. The summed E-state index contributed by atoms with van der Waals surface area (Å²) in [6.45, 7) is 6.32. The molecule has 1 saturated carbocycles. The second-order valence-corrected chi connectivity index (χ2v) is 18.8. The highest BCUT2D eigenvalue weighted by Gasteiger charge is 2.48. The Kier molecular flexibility index (Phi) is 10.5. The molecule has 1 saturated heterocycles. The van der Waals surface area contributed by atoms with Crippen molar-refractivity contribution in [2.45, 2.75) is 87.7 Å². The molecule has 0 aromatic heterocycles. The van der Waals surface area contributed by atoms with Gasteiger partial charge in [0.1, 0.15) is 5.75 Å². The fourth-order valence-corrected chi connectivity index (χ4v) is 10.8. The van der Waals surface area contributed by atoms with Crippen LogP contribution >= 0.6 is 11.6 Å². The highest BCUT2D eigenvalue weighted by molar-refractivity contribution is 7.90. The first-order chi connectivity index (χ1) is 24.3. The number of amides is 1. The average Bonchev–Trinajstić information content (AvgIpc) is 3.25. The number of aryl methyl sites for hydroxylation is 1. The number of aliphatic hydroxyl groups is 1. The molecule has 3 heterocycles. The SMILES string of the molecule is C[C@@H]1[C@@H](C)CCC[C@H](C2OCC(CO)(N(C)C)CO2)[C@@H]2CC[C@H]2CN2C[C@@]3(CCCc4cc(Cl)ccc43)COc3ccc(cc32)C(=O)NS1(=O)=O. The predicted molar refractivity (Wildman–Crippen MR) is 198 cm³/mol. The van der Waals surface area contributed by atoms with Gasteiger partial charge in [-0.3, -0.25) is 9.69 Å². The van der Waals surface area contributed by atoms with E-state index < -0.39 is 33.0 Å². The smallest absolute Gasteiger partial charge is 0.264 e. The number of aliphatic hydroxyl groups excluding tert-OH is 1. The molecule has 2 aromatic rings. The number of carbonyl (C=O) groups is 1. The Bertz CT molecular complexity index is 1710. The van der Waals surface area contributed by atoms with Crippen LogP contribution in [-0.4, -0.2) is 95.0 Å². The number of nitrogens with one attached hydrogen (secondary N) is 1. The Hall–Kier alpha value is -2.41. The number of likely N-dealkylation sites (N-methyl/N-ethyl adjacent to an activating group) is 1. The minimum atomic E-state index is -3.94. The van der Waals surface area contributed by atoms with Crippen molar-refractivity contribution in [2.24, 2.45) is 23.7 Å². The van der Waals surface area contributed by atoms with Gasteiger partial charge in [-0.1, -0.05) is 31.0 Å². The van der Waals surface area contributed by atoms with E-state index in [-0.39, 0.29) is 23.9 Å². The van der Waals surface area contributed by atoms with E-state index in [1.807, 2.05) is 44.1 Å². The molecular formula is C39H54ClN3O7S. The molecule has 2 N–H and O–H groups in total.